The Kier molecular flexibility index (Phi) is 5.13. The molecule has 0 saturated carbocycles. The van der Waals surface area contributed by atoms with Crippen LogP contribution in [0.1, 0.15) is 40.7 Å². The number of carboxylic acid groups (broad SMARTS) is 1. The lowest BCUT2D eigenvalue weighted by Gasteiger charge is -2.25. The van der Waals surface area contributed by atoms with Gasteiger partial charge in [0.05, 0.1) is 7.11 Å². The van der Waals surface area contributed by atoms with Gasteiger partial charge in [0.15, 0.2) is 17.2 Å². The predicted octanol–water partition coefficient (Wildman–Crippen LogP) is 2.03. The number of ether oxygens (including phenoxy) is 3. The maximum absolute atomic E-state index is 11.6. The smallest absolute Gasteiger partial charge is 0.356 e. The number of benzene rings is 1. The van der Waals surface area contributed by atoms with Gasteiger partial charge in [0.25, 0.3) is 0 Å². The summed E-state index contributed by atoms with van der Waals surface area (Å²) < 4.78 is 18.6. The normalized spacial score (nSPS) is 17.9. The molecule has 1 aromatic heterocycles. The van der Waals surface area contributed by atoms with Crippen molar-refractivity contribution in [2.24, 2.45) is 0 Å². The first-order valence-electron chi connectivity index (χ1n) is 9.62. The van der Waals surface area contributed by atoms with E-state index < -0.39 is 5.97 Å². The number of rotatable bonds is 6. The minimum Gasteiger partial charge on any atom is -0.496 e. The van der Waals surface area contributed by atoms with E-state index in [2.05, 4.69) is 10.4 Å². The molecule has 2 N–H and O–H groups in total. The van der Waals surface area contributed by atoms with Crippen LogP contribution in [0.15, 0.2) is 12.1 Å². The van der Waals surface area contributed by atoms with Crippen LogP contribution < -0.4 is 19.5 Å². The molecule has 0 fully saturated rings. The van der Waals surface area contributed by atoms with Crippen LogP contribution in [0.3, 0.4) is 0 Å². The molecule has 0 amide bonds. The van der Waals surface area contributed by atoms with Gasteiger partial charge in [-0.2, -0.15) is 5.10 Å². The summed E-state index contributed by atoms with van der Waals surface area (Å²) in [7, 11) is 1.64. The van der Waals surface area contributed by atoms with Gasteiger partial charge < -0.3 is 24.6 Å². The molecule has 150 valence electrons. The van der Waals surface area contributed by atoms with Gasteiger partial charge in [-0.3, -0.25) is 4.68 Å². The zero-order valence-corrected chi connectivity index (χ0v) is 16.2. The second-order valence-electron chi connectivity index (χ2n) is 7.02. The Morgan fingerprint density at radius 1 is 1.36 bits per heavy atom. The van der Waals surface area contributed by atoms with E-state index in [0.29, 0.717) is 38.5 Å². The second-order valence-corrected chi connectivity index (χ2v) is 7.02. The lowest BCUT2D eigenvalue weighted by Crippen LogP contribution is -2.35. The number of nitrogens with zero attached hydrogens (tertiary/aromatic N) is 2. The van der Waals surface area contributed by atoms with Gasteiger partial charge in [0, 0.05) is 42.0 Å². The summed E-state index contributed by atoms with van der Waals surface area (Å²) in [4.78, 5) is 11.6. The van der Waals surface area contributed by atoms with Gasteiger partial charge in [0.1, 0.15) is 19.0 Å². The van der Waals surface area contributed by atoms with E-state index in [0.717, 1.165) is 41.2 Å². The minimum absolute atomic E-state index is 0.179. The van der Waals surface area contributed by atoms with Crippen LogP contribution >= 0.6 is 0 Å². The van der Waals surface area contributed by atoms with Crippen molar-refractivity contribution in [2.75, 3.05) is 20.3 Å². The Balaban J connectivity index is 1.50. The van der Waals surface area contributed by atoms with Crippen LogP contribution in [0, 0.1) is 0 Å². The van der Waals surface area contributed by atoms with Gasteiger partial charge in [0.2, 0.25) is 0 Å². The monoisotopic (exact) mass is 387 g/mol. The predicted molar refractivity (Wildman–Crippen MR) is 101 cm³/mol. The molecule has 1 unspecified atom stereocenters. The van der Waals surface area contributed by atoms with Crippen molar-refractivity contribution in [3.8, 4) is 17.2 Å². The number of aromatic nitrogens is 2. The van der Waals surface area contributed by atoms with Crippen molar-refractivity contribution in [2.45, 2.75) is 45.3 Å². The number of fused-ring (bicyclic) bond motifs is 2. The summed E-state index contributed by atoms with van der Waals surface area (Å²) in [5, 5.41) is 17.3. The van der Waals surface area contributed by atoms with E-state index in [9.17, 15) is 9.90 Å². The summed E-state index contributed by atoms with van der Waals surface area (Å²) in [5.41, 5.74) is 3.07. The van der Waals surface area contributed by atoms with Crippen molar-refractivity contribution >= 4 is 5.97 Å². The lowest BCUT2D eigenvalue weighted by atomic mass is 9.91. The van der Waals surface area contributed by atoms with E-state index >= 15 is 0 Å². The first-order chi connectivity index (χ1) is 13.6. The number of carboxylic acids is 1. The van der Waals surface area contributed by atoms with Crippen LogP contribution in [-0.4, -0.2) is 47.2 Å². The zero-order chi connectivity index (χ0) is 19.7. The minimum atomic E-state index is -0.961. The Hall–Kier alpha value is -2.74. The van der Waals surface area contributed by atoms with Gasteiger partial charge in [-0.15, -0.1) is 0 Å². The number of aromatic carboxylic acids is 1. The number of carbonyl (C=O) groups is 1. The fourth-order valence-corrected chi connectivity index (χ4v) is 3.99. The highest BCUT2D eigenvalue weighted by Gasteiger charge is 2.28. The molecule has 1 atom stereocenters. The zero-order valence-electron chi connectivity index (χ0n) is 16.2. The molecule has 2 heterocycles. The second kappa shape index (κ2) is 7.71. The third-order valence-electron chi connectivity index (χ3n) is 5.38. The van der Waals surface area contributed by atoms with E-state index in [-0.39, 0.29) is 11.7 Å². The molecule has 28 heavy (non-hydrogen) atoms. The summed E-state index contributed by atoms with van der Waals surface area (Å²) >= 11 is 0. The molecule has 0 spiro atoms. The van der Waals surface area contributed by atoms with Crippen LogP contribution in [0.25, 0.3) is 0 Å². The summed E-state index contributed by atoms with van der Waals surface area (Å²) in [5.74, 6) is 1.22. The number of aryl methyl sites for hydroxylation is 1. The molecule has 8 nitrogen and oxygen atoms in total. The molecular weight excluding hydrogens is 362 g/mol. The maximum Gasteiger partial charge on any atom is 0.356 e. The topological polar surface area (TPSA) is 94.8 Å². The van der Waals surface area contributed by atoms with E-state index in [4.69, 9.17) is 14.2 Å². The molecule has 0 bridgehead atoms. The SMILES string of the molecule is CCn1nc(C(=O)O)c2c1CCC(NCc1cc3c(cc1OC)OCCO3)C2. The summed E-state index contributed by atoms with van der Waals surface area (Å²) in [6.45, 7) is 4.34. The molecule has 2 aliphatic rings. The fraction of sp³-hybridized carbons (Fsp3) is 0.500. The Morgan fingerprint density at radius 3 is 2.79 bits per heavy atom. The highest BCUT2D eigenvalue weighted by atomic mass is 16.6. The third-order valence-corrected chi connectivity index (χ3v) is 5.38. The quantitative estimate of drug-likeness (QED) is 0.783. The highest BCUT2D eigenvalue weighted by Crippen LogP contribution is 2.37. The fourth-order valence-electron chi connectivity index (χ4n) is 3.99. The highest BCUT2D eigenvalue weighted by molar-refractivity contribution is 5.87. The number of methoxy groups -OCH3 is 1. The van der Waals surface area contributed by atoms with Gasteiger partial charge in [-0.05, 0) is 32.3 Å². The molecule has 8 heteroatoms. The summed E-state index contributed by atoms with van der Waals surface area (Å²) in [6, 6.07) is 3.99. The van der Waals surface area contributed by atoms with Crippen molar-refractivity contribution < 1.29 is 24.1 Å². The average molecular weight is 387 g/mol. The van der Waals surface area contributed by atoms with Crippen molar-refractivity contribution in [1.29, 1.82) is 0 Å². The van der Waals surface area contributed by atoms with E-state index in [1.807, 2.05) is 23.7 Å². The first kappa shape index (κ1) is 18.6. The number of hydrogen-bond donors (Lipinski definition) is 2. The van der Waals surface area contributed by atoms with Crippen LogP contribution in [0.5, 0.6) is 17.2 Å². The van der Waals surface area contributed by atoms with Gasteiger partial charge in [-0.1, -0.05) is 0 Å². The van der Waals surface area contributed by atoms with Crippen LogP contribution in [-0.2, 0) is 25.9 Å². The number of nitrogens with one attached hydrogen (secondary N) is 1. The van der Waals surface area contributed by atoms with Crippen molar-refractivity contribution in [3.05, 3.63) is 34.6 Å². The van der Waals surface area contributed by atoms with Crippen LogP contribution in [0.4, 0.5) is 0 Å². The Bertz CT molecular complexity index is 892. The molecule has 1 aromatic carbocycles. The van der Waals surface area contributed by atoms with Gasteiger partial charge in [-0.25, -0.2) is 4.79 Å². The molecule has 4 rings (SSSR count). The maximum atomic E-state index is 11.6. The van der Waals surface area contributed by atoms with Crippen molar-refractivity contribution in [1.82, 2.24) is 15.1 Å². The molecule has 0 radical (unpaired) electrons. The largest absolute Gasteiger partial charge is 0.496 e. The van der Waals surface area contributed by atoms with Gasteiger partial charge >= 0.3 is 5.97 Å². The molecule has 2 aromatic rings. The Labute approximate surface area is 163 Å². The molecule has 0 saturated heterocycles. The standard InChI is InChI=1S/C20H25N3O5/c1-3-23-15-5-4-13(9-14(15)19(22-23)20(24)25)21-11-12-8-17-18(10-16(12)26-2)28-7-6-27-17/h8,10,13,21H,3-7,9,11H2,1-2H3,(H,24,25). The molecular formula is C20H25N3O5. The molecule has 1 aliphatic heterocycles. The van der Waals surface area contributed by atoms with Crippen molar-refractivity contribution in [3.63, 3.8) is 0 Å². The average Bonchev–Trinajstić information content (AvgIpc) is 3.09. The van der Waals surface area contributed by atoms with Crippen LogP contribution in [0.2, 0.25) is 0 Å². The first-order valence-corrected chi connectivity index (χ1v) is 9.62. The third kappa shape index (κ3) is 3.40. The summed E-state index contributed by atoms with van der Waals surface area (Å²) in [6.07, 6.45) is 2.41. The Morgan fingerprint density at radius 2 is 2.11 bits per heavy atom. The molecule has 1 aliphatic carbocycles. The van der Waals surface area contributed by atoms with E-state index in [1.54, 1.807) is 7.11 Å². The lowest BCUT2D eigenvalue weighted by molar-refractivity contribution is 0.0688. The van der Waals surface area contributed by atoms with E-state index in [1.165, 1.54) is 0 Å². The number of hydrogen-bond acceptors (Lipinski definition) is 6.